The smallest absolute Gasteiger partial charge is 0.304 e. The molecule has 0 spiro atoms. The molecule has 22 heavy (non-hydrogen) atoms. The molecule has 0 fully saturated rings. The van der Waals surface area contributed by atoms with Gasteiger partial charge in [-0.2, -0.15) is 23.4 Å². The fourth-order valence-corrected chi connectivity index (χ4v) is 2.00. The van der Waals surface area contributed by atoms with Gasteiger partial charge < -0.3 is 5.32 Å². The van der Waals surface area contributed by atoms with E-state index in [0.717, 1.165) is 12.1 Å². The molecular formula is C13H10F3N5O. The SMILES string of the molecule is Cn1cc(C(=O)Nc2n[nH]c3ccc(C(F)(F)F)cc23)cn1. The number of benzene rings is 1. The number of amides is 1. The zero-order valence-corrected chi connectivity index (χ0v) is 11.3. The van der Waals surface area contributed by atoms with Crippen molar-refractivity contribution in [3.63, 3.8) is 0 Å². The number of fused-ring (bicyclic) bond motifs is 1. The maximum Gasteiger partial charge on any atom is 0.416 e. The van der Waals surface area contributed by atoms with Gasteiger partial charge in [-0.15, -0.1) is 0 Å². The Bertz CT molecular complexity index is 849. The van der Waals surface area contributed by atoms with Crippen molar-refractivity contribution in [3.8, 4) is 0 Å². The third-order valence-electron chi connectivity index (χ3n) is 3.09. The van der Waals surface area contributed by atoms with Gasteiger partial charge in [0, 0.05) is 18.6 Å². The minimum Gasteiger partial charge on any atom is -0.304 e. The van der Waals surface area contributed by atoms with E-state index < -0.39 is 17.6 Å². The first-order valence-corrected chi connectivity index (χ1v) is 6.20. The number of carbonyl (C=O) groups excluding carboxylic acids is 1. The van der Waals surface area contributed by atoms with Crippen LogP contribution in [0.2, 0.25) is 0 Å². The van der Waals surface area contributed by atoms with Crippen LogP contribution in [0.5, 0.6) is 0 Å². The van der Waals surface area contributed by atoms with E-state index in [-0.39, 0.29) is 16.8 Å². The second-order valence-electron chi connectivity index (χ2n) is 4.69. The lowest BCUT2D eigenvalue weighted by atomic mass is 10.1. The minimum absolute atomic E-state index is 0.0370. The summed E-state index contributed by atoms with van der Waals surface area (Å²) in [6.45, 7) is 0. The summed E-state index contributed by atoms with van der Waals surface area (Å²) < 4.78 is 39.7. The molecule has 6 nitrogen and oxygen atoms in total. The van der Waals surface area contributed by atoms with E-state index in [1.165, 1.54) is 23.1 Å². The molecule has 0 aliphatic rings. The third kappa shape index (κ3) is 2.52. The third-order valence-corrected chi connectivity index (χ3v) is 3.09. The van der Waals surface area contributed by atoms with Crippen LogP contribution >= 0.6 is 0 Å². The summed E-state index contributed by atoms with van der Waals surface area (Å²) in [5.41, 5.74) is -0.126. The van der Waals surface area contributed by atoms with Crippen molar-refractivity contribution >= 4 is 22.6 Å². The van der Waals surface area contributed by atoms with E-state index in [1.54, 1.807) is 7.05 Å². The van der Waals surface area contributed by atoms with Gasteiger partial charge in [-0.3, -0.25) is 14.6 Å². The molecule has 2 heterocycles. The molecule has 0 aliphatic carbocycles. The number of hydrogen-bond acceptors (Lipinski definition) is 3. The van der Waals surface area contributed by atoms with Crippen LogP contribution < -0.4 is 5.32 Å². The molecule has 0 bridgehead atoms. The quantitative estimate of drug-likeness (QED) is 0.764. The average Bonchev–Trinajstić information content (AvgIpc) is 3.04. The normalized spacial score (nSPS) is 11.8. The predicted molar refractivity (Wildman–Crippen MR) is 72.3 cm³/mol. The van der Waals surface area contributed by atoms with Crippen molar-refractivity contribution in [1.82, 2.24) is 20.0 Å². The fourth-order valence-electron chi connectivity index (χ4n) is 2.00. The van der Waals surface area contributed by atoms with Crippen molar-refractivity contribution in [2.75, 3.05) is 5.32 Å². The van der Waals surface area contributed by atoms with Crippen LogP contribution in [-0.4, -0.2) is 25.9 Å². The molecule has 0 saturated heterocycles. The molecule has 1 amide bonds. The fraction of sp³-hybridized carbons (Fsp3) is 0.154. The standard InChI is InChI=1S/C13H10F3N5O/c1-21-6-7(5-17-21)12(22)18-11-9-4-8(13(14,15)16)2-3-10(9)19-20-11/h2-6H,1H3,(H2,18,19,20,22). The van der Waals surface area contributed by atoms with E-state index in [9.17, 15) is 18.0 Å². The zero-order chi connectivity index (χ0) is 15.9. The highest BCUT2D eigenvalue weighted by molar-refractivity contribution is 6.07. The van der Waals surface area contributed by atoms with Gasteiger partial charge in [-0.1, -0.05) is 0 Å². The molecule has 0 unspecified atom stereocenters. The van der Waals surface area contributed by atoms with Crippen molar-refractivity contribution < 1.29 is 18.0 Å². The molecule has 0 aliphatic heterocycles. The van der Waals surface area contributed by atoms with Crippen LogP contribution in [0.1, 0.15) is 15.9 Å². The highest BCUT2D eigenvalue weighted by Gasteiger charge is 2.31. The summed E-state index contributed by atoms with van der Waals surface area (Å²) in [5.74, 6) is -0.464. The number of aromatic amines is 1. The van der Waals surface area contributed by atoms with E-state index in [2.05, 4.69) is 20.6 Å². The first kappa shape index (κ1) is 14.1. The topological polar surface area (TPSA) is 75.6 Å². The largest absolute Gasteiger partial charge is 0.416 e. The predicted octanol–water partition coefficient (Wildman–Crippen LogP) is 2.57. The number of aromatic nitrogens is 4. The Kier molecular flexibility index (Phi) is 3.12. The number of halogens is 3. The number of alkyl halides is 3. The van der Waals surface area contributed by atoms with Gasteiger partial charge in [-0.25, -0.2) is 0 Å². The zero-order valence-electron chi connectivity index (χ0n) is 11.3. The Hall–Kier alpha value is -2.84. The lowest BCUT2D eigenvalue weighted by Gasteiger charge is -2.06. The van der Waals surface area contributed by atoms with Crippen LogP contribution in [0.4, 0.5) is 19.0 Å². The number of anilines is 1. The molecule has 3 rings (SSSR count). The van der Waals surface area contributed by atoms with Gasteiger partial charge in [0.05, 0.1) is 22.8 Å². The van der Waals surface area contributed by atoms with Gasteiger partial charge in [0.25, 0.3) is 5.91 Å². The van der Waals surface area contributed by atoms with Crippen molar-refractivity contribution in [2.45, 2.75) is 6.18 Å². The molecule has 2 N–H and O–H groups in total. The summed E-state index contributed by atoms with van der Waals surface area (Å²) in [7, 11) is 1.65. The van der Waals surface area contributed by atoms with E-state index >= 15 is 0 Å². The molecule has 0 saturated carbocycles. The van der Waals surface area contributed by atoms with Crippen LogP contribution in [-0.2, 0) is 13.2 Å². The average molecular weight is 309 g/mol. The Balaban J connectivity index is 1.95. The van der Waals surface area contributed by atoms with Gasteiger partial charge in [-0.05, 0) is 18.2 Å². The lowest BCUT2D eigenvalue weighted by Crippen LogP contribution is -2.12. The van der Waals surface area contributed by atoms with Crippen molar-refractivity contribution in [1.29, 1.82) is 0 Å². The Morgan fingerprint density at radius 2 is 2.14 bits per heavy atom. The molecule has 1 aromatic carbocycles. The van der Waals surface area contributed by atoms with Gasteiger partial charge >= 0.3 is 6.18 Å². The Morgan fingerprint density at radius 1 is 1.36 bits per heavy atom. The summed E-state index contributed by atoms with van der Waals surface area (Å²) in [6, 6.07) is 3.16. The molecule has 3 aromatic rings. The van der Waals surface area contributed by atoms with E-state index in [0.29, 0.717) is 5.52 Å². The molecule has 114 valence electrons. The molecule has 2 aromatic heterocycles. The Morgan fingerprint density at radius 3 is 2.77 bits per heavy atom. The van der Waals surface area contributed by atoms with Crippen molar-refractivity contribution in [2.24, 2.45) is 7.05 Å². The summed E-state index contributed by atoms with van der Waals surface area (Å²) in [5, 5.41) is 12.9. The number of rotatable bonds is 2. The minimum atomic E-state index is -4.46. The summed E-state index contributed by atoms with van der Waals surface area (Å²) >= 11 is 0. The van der Waals surface area contributed by atoms with Crippen LogP contribution in [0.25, 0.3) is 10.9 Å². The van der Waals surface area contributed by atoms with Crippen molar-refractivity contribution in [3.05, 3.63) is 41.7 Å². The Labute approximate surface area is 121 Å². The van der Waals surface area contributed by atoms with Crippen LogP contribution in [0, 0.1) is 0 Å². The number of nitrogens with zero attached hydrogens (tertiary/aromatic N) is 3. The summed E-state index contributed by atoms with van der Waals surface area (Å²) in [4.78, 5) is 12.0. The molecule has 0 radical (unpaired) electrons. The first-order valence-electron chi connectivity index (χ1n) is 6.20. The van der Waals surface area contributed by atoms with Crippen LogP contribution in [0.15, 0.2) is 30.6 Å². The number of aryl methyl sites for hydroxylation is 1. The number of hydrogen-bond donors (Lipinski definition) is 2. The lowest BCUT2D eigenvalue weighted by molar-refractivity contribution is -0.137. The maximum absolute atomic E-state index is 12.8. The van der Waals surface area contributed by atoms with E-state index in [4.69, 9.17) is 0 Å². The highest BCUT2D eigenvalue weighted by atomic mass is 19.4. The summed E-state index contributed by atoms with van der Waals surface area (Å²) in [6.07, 6.45) is -1.62. The van der Waals surface area contributed by atoms with Gasteiger partial charge in [0.2, 0.25) is 0 Å². The monoisotopic (exact) mass is 309 g/mol. The second-order valence-corrected chi connectivity index (χ2v) is 4.69. The molecule has 0 atom stereocenters. The first-order chi connectivity index (χ1) is 10.3. The van der Waals surface area contributed by atoms with Gasteiger partial charge in [0.15, 0.2) is 5.82 Å². The highest BCUT2D eigenvalue weighted by Crippen LogP contribution is 2.32. The number of H-pyrrole nitrogens is 1. The molecular weight excluding hydrogens is 299 g/mol. The maximum atomic E-state index is 12.8. The number of carbonyl (C=O) groups is 1. The molecule has 9 heteroatoms. The number of nitrogens with one attached hydrogen (secondary N) is 2. The second kappa shape index (κ2) is 4.86. The van der Waals surface area contributed by atoms with Gasteiger partial charge in [0.1, 0.15) is 0 Å². The van der Waals surface area contributed by atoms with E-state index in [1.807, 2.05) is 0 Å². The van der Waals surface area contributed by atoms with Crippen LogP contribution in [0.3, 0.4) is 0 Å².